The number of hydrogen-bond acceptors (Lipinski definition) is 0. The van der Waals surface area contributed by atoms with Gasteiger partial charge in [0.15, 0.2) is 0 Å². The molecular weight excluding hydrogens is 96.1 g/mol. The summed E-state index contributed by atoms with van der Waals surface area (Å²) in [6.07, 6.45) is 6.76. The van der Waals surface area contributed by atoms with Gasteiger partial charge in [0, 0.05) is 0 Å². The van der Waals surface area contributed by atoms with Crippen LogP contribution < -0.4 is 0 Å². The zero-order chi connectivity index (χ0) is 5.98. The van der Waals surface area contributed by atoms with E-state index in [1.54, 1.807) is 0 Å². The molecule has 0 aliphatic heterocycles. The molecule has 0 atom stereocenters. The van der Waals surface area contributed by atoms with E-state index in [2.05, 4.69) is 6.58 Å². The van der Waals surface area contributed by atoms with Crippen molar-refractivity contribution in [2.75, 3.05) is 0 Å². The summed E-state index contributed by atoms with van der Waals surface area (Å²) in [6, 6.07) is 0. The van der Waals surface area contributed by atoms with Crippen LogP contribution in [0.1, 0.15) is 6.42 Å². The highest BCUT2D eigenvalue weighted by atomic mass is 14.0. The third-order valence-electron chi connectivity index (χ3n) is 1.18. The molecule has 1 aliphatic carbocycles. The maximum absolute atomic E-state index is 5.49. The van der Waals surface area contributed by atoms with Gasteiger partial charge in [-0.3, -0.25) is 0 Å². The first-order chi connectivity index (χ1) is 3.80. The summed E-state index contributed by atoms with van der Waals surface area (Å²) in [5, 5.41) is 0. The van der Waals surface area contributed by atoms with Gasteiger partial charge in [-0.2, -0.15) is 0 Å². The molecule has 0 nitrogen and oxygen atoms in total. The van der Waals surface area contributed by atoms with Crippen molar-refractivity contribution in [1.82, 2.24) is 0 Å². The van der Waals surface area contributed by atoms with Crippen molar-refractivity contribution < 1.29 is 0 Å². The predicted octanol–water partition coefficient (Wildman–Crippen LogP) is 2.14. The van der Waals surface area contributed by atoms with Crippen molar-refractivity contribution in [3.63, 3.8) is 0 Å². The smallest absolute Gasteiger partial charge is 0.000922 e. The largest absolute Gasteiger partial charge is 0.0952 e. The second-order valence-corrected chi connectivity index (χ2v) is 1.86. The van der Waals surface area contributed by atoms with Gasteiger partial charge in [-0.15, -0.1) is 0 Å². The highest BCUT2D eigenvalue weighted by Gasteiger charge is 1.95. The lowest BCUT2D eigenvalue weighted by Crippen LogP contribution is -1.84. The molecule has 0 fully saturated rings. The van der Waals surface area contributed by atoms with Crippen molar-refractivity contribution in [2.24, 2.45) is 0 Å². The van der Waals surface area contributed by atoms with Crippen LogP contribution in [0.3, 0.4) is 0 Å². The van der Waals surface area contributed by atoms with Gasteiger partial charge in [-0.25, -0.2) is 0 Å². The van der Waals surface area contributed by atoms with Gasteiger partial charge >= 0.3 is 0 Å². The van der Waals surface area contributed by atoms with Gasteiger partial charge in [0.25, 0.3) is 0 Å². The van der Waals surface area contributed by atoms with E-state index in [-0.39, 0.29) is 0 Å². The van der Waals surface area contributed by atoms with E-state index < -0.39 is 0 Å². The lowest BCUT2D eigenvalue weighted by atomic mass is 10.0. The maximum atomic E-state index is 5.49. The summed E-state index contributed by atoms with van der Waals surface area (Å²) < 4.78 is 0. The molecule has 8 heavy (non-hydrogen) atoms. The van der Waals surface area contributed by atoms with E-state index in [1.807, 2.05) is 18.2 Å². The average molecular weight is 104 g/mol. The van der Waals surface area contributed by atoms with Crippen LogP contribution >= 0.6 is 0 Å². The van der Waals surface area contributed by atoms with E-state index >= 15 is 0 Å². The fourth-order valence-electron chi connectivity index (χ4n) is 0.618. The third kappa shape index (κ3) is 0.890. The first-order valence-corrected chi connectivity index (χ1v) is 2.61. The Morgan fingerprint density at radius 1 is 1.62 bits per heavy atom. The first-order valence-electron chi connectivity index (χ1n) is 2.61. The lowest BCUT2D eigenvalue weighted by molar-refractivity contribution is 1.23. The molecule has 0 aromatic carbocycles. The van der Waals surface area contributed by atoms with E-state index in [0.717, 1.165) is 17.6 Å². The van der Waals surface area contributed by atoms with E-state index in [9.17, 15) is 0 Å². The molecule has 0 unspecified atom stereocenters. The zero-order valence-electron chi connectivity index (χ0n) is 4.72. The summed E-state index contributed by atoms with van der Waals surface area (Å²) in [4.78, 5) is 0. The summed E-state index contributed by atoms with van der Waals surface area (Å²) in [5.74, 6) is 0. The molecule has 0 spiro atoms. The Balaban J connectivity index is 2.80. The molecule has 0 N–H and O–H groups in total. The molecule has 0 aromatic heterocycles. The van der Waals surface area contributed by atoms with Crippen LogP contribution in [0, 0.1) is 6.92 Å². The average Bonchev–Trinajstić information content (AvgIpc) is 1.77. The second-order valence-electron chi connectivity index (χ2n) is 1.86. The first kappa shape index (κ1) is 5.36. The molecule has 0 saturated carbocycles. The van der Waals surface area contributed by atoms with Crippen molar-refractivity contribution in [3.05, 3.63) is 42.9 Å². The summed E-state index contributed by atoms with van der Waals surface area (Å²) >= 11 is 0. The van der Waals surface area contributed by atoms with Gasteiger partial charge in [-0.1, -0.05) is 24.8 Å². The summed E-state index contributed by atoms with van der Waals surface area (Å²) in [5.41, 5.74) is 1.83. The number of allylic oxidation sites excluding steroid dienone is 5. The summed E-state index contributed by atoms with van der Waals surface area (Å²) in [6.45, 7) is 9.24. The quantitative estimate of drug-likeness (QED) is 0.441. The molecule has 0 bridgehead atoms. The normalized spacial score (nSPS) is 18.6. The standard InChI is InChI=1S/C8H8/c1-7-5-3-4-6-8(7)2/h1,3-5H,2,6H2. The zero-order valence-corrected chi connectivity index (χ0v) is 4.72. The SMILES string of the molecule is [CH]C1=CC=CCC1=C. The molecule has 1 rings (SSSR count). The fraction of sp³-hybridized carbons (Fsp3) is 0.125. The summed E-state index contributed by atoms with van der Waals surface area (Å²) in [7, 11) is 0. The maximum Gasteiger partial charge on any atom is -0.000922 e. The minimum absolute atomic E-state index is 0.813. The Labute approximate surface area is 50.2 Å². The molecular formula is C8H8. The monoisotopic (exact) mass is 104 g/mol. The topological polar surface area (TPSA) is 0 Å². The van der Waals surface area contributed by atoms with Gasteiger partial charge in [0.2, 0.25) is 0 Å². The van der Waals surface area contributed by atoms with Crippen molar-refractivity contribution in [3.8, 4) is 0 Å². The van der Waals surface area contributed by atoms with Crippen LogP contribution in [0.2, 0.25) is 0 Å². The van der Waals surface area contributed by atoms with E-state index in [4.69, 9.17) is 6.92 Å². The minimum Gasteiger partial charge on any atom is -0.0952 e. The predicted molar refractivity (Wildman–Crippen MR) is 35.3 cm³/mol. The van der Waals surface area contributed by atoms with Crippen LogP contribution in [0.5, 0.6) is 0 Å². The van der Waals surface area contributed by atoms with Crippen LogP contribution in [0.15, 0.2) is 36.0 Å². The number of rotatable bonds is 0. The number of hydrogen-bond donors (Lipinski definition) is 0. The van der Waals surface area contributed by atoms with Gasteiger partial charge in [0.05, 0.1) is 0 Å². The fourth-order valence-corrected chi connectivity index (χ4v) is 0.618. The highest BCUT2D eigenvalue weighted by molar-refractivity contribution is 5.38. The molecule has 2 radical (unpaired) electrons. The molecule has 1 aliphatic rings. The third-order valence-corrected chi connectivity index (χ3v) is 1.18. The van der Waals surface area contributed by atoms with Crippen molar-refractivity contribution in [1.29, 1.82) is 0 Å². The van der Waals surface area contributed by atoms with E-state index in [1.165, 1.54) is 0 Å². The Hall–Kier alpha value is -0.780. The van der Waals surface area contributed by atoms with Gasteiger partial charge < -0.3 is 0 Å². The molecule has 0 aromatic rings. The molecule has 40 valence electrons. The Morgan fingerprint density at radius 2 is 2.38 bits per heavy atom. The van der Waals surface area contributed by atoms with Crippen LogP contribution in [-0.4, -0.2) is 0 Å². The Bertz CT molecular complexity index is 159. The van der Waals surface area contributed by atoms with Crippen molar-refractivity contribution >= 4 is 0 Å². The van der Waals surface area contributed by atoms with Crippen molar-refractivity contribution in [2.45, 2.75) is 6.42 Å². The molecule has 0 heterocycles. The Kier molecular flexibility index (Phi) is 1.34. The molecule has 0 saturated heterocycles. The second kappa shape index (κ2) is 1.99. The van der Waals surface area contributed by atoms with Crippen LogP contribution in [0.4, 0.5) is 0 Å². The van der Waals surface area contributed by atoms with Gasteiger partial charge in [-0.05, 0) is 24.5 Å². The lowest BCUT2D eigenvalue weighted by Gasteiger charge is -2.03. The van der Waals surface area contributed by atoms with Crippen LogP contribution in [-0.2, 0) is 0 Å². The van der Waals surface area contributed by atoms with E-state index in [0.29, 0.717) is 0 Å². The minimum atomic E-state index is 0.813. The Morgan fingerprint density at radius 3 is 2.75 bits per heavy atom. The highest BCUT2D eigenvalue weighted by Crippen LogP contribution is 2.14. The van der Waals surface area contributed by atoms with Crippen LogP contribution in [0.25, 0.3) is 0 Å². The molecule has 0 heteroatoms. The van der Waals surface area contributed by atoms with Gasteiger partial charge in [0.1, 0.15) is 0 Å². The molecule has 0 amide bonds.